The minimum atomic E-state index is -0.255. The van der Waals surface area contributed by atoms with Crippen LogP contribution in [0.3, 0.4) is 0 Å². The van der Waals surface area contributed by atoms with Gasteiger partial charge in [-0.25, -0.2) is 4.39 Å². The zero-order valence-corrected chi connectivity index (χ0v) is 11.3. The summed E-state index contributed by atoms with van der Waals surface area (Å²) in [5.74, 6) is -0.255. The maximum Gasteiger partial charge on any atom is 0.123 e. The number of hydrogen-bond acceptors (Lipinski definition) is 3. The summed E-state index contributed by atoms with van der Waals surface area (Å²) in [4.78, 5) is 0. The molecule has 18 heavy (non-hydrogen) atoms. The second-order valence-corrected chi connectivity index (χ2v) is 4.86. The highest BCUT2D eigenvalue weighted by Gasteiger charge is 2.17. The smallest absolute Gasteiger partial charge is 0.123 e. The third-order valence-corrected chi connectivity index (χ3v) is 3.03. The van der Waals surface area contributed by atoms with Gasteiger partial charge in [0.2, 0.25) is 0 Å². The fourth-order valence-corrected chi connectivity index (χ4v) is 1.53. The first-order valence-electron chi connectivity index (χ1n) is 6.11. The van der Waals surface area contributed by atoms with Crippen LogP contribution in [0, 0.1) is 5.82 Å². The van der Waals surface area contributed by atoms with Crippen LogP contribution in [0.1, 0.15) is 31.9 Å². The van der Waals surface area contributed by atoms with E-state index in [-0.39, 0.29) is 17.5 Å². The monoisotopic (exact) mass is 255 g/mol. The summed E-state index contributed by atoms with van der Waals surface area (Å²) in [6.07, 6.45) is 0.583. The molecule has 0 radical (unpaired) electrons. The van der Waals surface area contributed by atoms with Gasteiger partial charge in [-0.05, 0) is 38.0 Å². The van der Waals surface area contributed by atoms with Crippen molar-refractivity contribution in [2.45, 2.75) is 32.0 Å². The van der Waals surface area contributed by atoms with Crippen molar-refractivity contribution in [1.82, 2.24) is 0 Å². The Labute approximate surface area is 108 Å². The van der Waals surface area contributed by atoms with E-state index in [0.29, 0.717) is 13.2 Å². The number of benzene rings is 1. The SMILES string of the molecule is COC(C)(C)CCOC(CN)c1ccc(F)cc1. The molecule has 1 aromatic carbocycles. The lowest BCUT2D eigenvalue weighted by Crippen LogP contribution is -2.26. The van der Waals surface area contributed by atoms with Crippen molar-refractivity contribution in [3.8, 4) is 0 Å². The largest absolute Gasteiger partial charge is 0.379 e. The summed E-state index contributed by atoms with van der Waals surface area (Å²) < 4.78 is 23.9. The molecule has 0 heterocycles. The Morgan fingerprint density at radius 3 is 2.39 bits per heavy atom. The molecule has 0 aromatic heterocycles. The molecule has 4 heteroatoms. The molecule has 0 aliphatic carbocycles. The fourth-order valence-electron chi connectivity index (χ4n) is 1.53. The first kappa shape index (κ1) is 15.1. The summed E-state index contributed by atoms with van der Waals surface area (Å²) in [5.41, 5.74) is 6.37. The number of methoxy groups -OCH3 is 1. The topological polar surface area (TPSA) is 44.5 Å². The molecule has 3 nitrogen and oxygen atoms in total. The molecular weight excluding hydrogens is 233 g/mol. The molecule has 0 saturated carbocycles. The Morgan fingerprint density at radius 2 is 1.89 bits per heavy atom. The average Bonchev–Trinajstić information content (AvgIpc) is 2.36. The lowest BCUT2D eigenvalue weighted by Gasteiger charge is -2.24. The van der Waals surface area contributed by atoms with Gasteiger partial charge >= 0.3 is 0 Å². The van der Waals surface area contributed by atoms with Crippen LogP contribution in [0.15, 0.2) is 24.3 Å². The van der Waals surface area contributed by atoms with E-state index in [1.54, 1.807) is 19.2 Å². The van der Waals surface area contributed by atoms with Crippen molar-refractivity contribution in [1.29, 1.82) is 0 Å². The normalized spacial score (nSPS) is 13.6. The summed E-state index contributed by atoms with van der Waals surface area (Å²) in [6, 6.07) is 6.24. The Kier molecular flexibility index (Phi) is 5.72. The van der Waals surface area contributed by atoms with Crippen LogP contribution in [0.4, 0.5) is 4.39 Å². The van der Waals surface area contributed by atoms with Gasteiger partial charge in [0.25, 0.3) is 0 Å². The van der Waals surface area contributed by atoms with E-state index in [0.717, 1.165) is 12.0 Å². The molecule has 1 atom stereocenters. The minimum Gasteiger partial charge on any atom is -0.379 e. The molecule has 0 amide bonds. The lowest BCUT2D eigenvalue weighted by molar-refractivity contribution is -0.0257. The predicted octanol–water partition coefficient (Wildman–Crippen LogP) is 2.66. The quantitative estimate of drug-likeness (QED) is 0.814. The molecule has 0 aliphatic rings. The maximum atomic E-state index is 12.8. The Bertz CT molecular complexity index is 351. The highest BCUT2D eigenvalue weighted by atomic mass is 19.1. The van der Waals surface area contributed by atoms with E-state index in [9.17, 15) is 4.39 Å². The molecule has 102 valence electrons. The fraction of sp³-hybridized carbons (Fsp3) is 0.571. The van der Waals surface area contributed by atoms with Crippen molar-refractivity contribution in [3.05, 3.63) is 35.6 Å². The van der Waals surface area contributed by atoms with Crippen molar-refractivity contribution in [2.75, 3.05) is 20.3 Å². The highest BCUT2D eigenvalue weighted by Crippen LogP contribution is 2.19. The van der Waals surface area contributed by atoms with E-state index in [1.807, 2.05) is 13.8 Å². The van der Waals surface area contributed by atoms with Crippen LogP contribution >= 0.6 is 0 Å². The van der Waals surface area contributed by atoms with Gasteiger partial charge in [0.15, 0.2) is 0 Å². The van der Waals surface area contributed by atoms with Crippen LogP contribution in [-0.2, 0) is 9.47 Å². The van der Waals surface area contributed by atoms with Gasteiger partial charge in [0.05, 0.1) is 18.3 Å². The van der Waals surface area contributed by atoms with Crippen molar-refractivity contribution >= 4 is 0 Å². The molecule has 0 spiro atoms. The van der Waals surface area contributed by atoms with Crippen LogP contribution in [0.5, 0.6) is 0 Å². The van der Waals surface area contributed by atoms with Gasteiger partial charge < -0.3 is 15.2 Å². The molecule has 1 unspecified atom stereocenters. The van der Waals surface area contributed by atoms with E-state index >= 15 is 0 Å². The molecule has 0 saturated heterocycles. The minimum absolute atomic E-state index is 0.196. The molecule has 0 bridgehead atoms. The number of nitrogens with two attached hydrogens (primary N) is 1. The van der Waals surface area contributed by atoms with Crippen LogP contribution < -0.4 is 5.73 Å². The molecule has 2 N–H and O–H groups in total. The molecule has 1 rings (SSSR count). The molecule has 0 fully saturated rings. The van der Waals surface area contributed by atoms with Crippen molar-refractivity contribution < 1.29 is 13.9 Å². The Balaban J connectivity index is 2.50. The maximum absolute atomic E-state index is 12.8. The predicted molar refractivity (Wildman–Crippen MR) is 69.9 cm³/mol. The number of rotatable bonds is 7. The standard InChI is InChI=1S/C14H22FNO2/c1-14(2,17-3)8-9-18-13(10-16)11-4-6-12(15)7-5-11/h4-7,13H,8-10,16H2,1-3H3. The third kappa shape index (κ3) is 4.72. The highest BCUT2D eigenvalue weighted by molar-refractivity contribution is 5.18. The number of halogens is 1. The van der Waals surface area contributed by atoms with E-state index in [4.69, 9.17) is 15.2 Å². The second kappa shape index (κ2) is 6.83. The summed E-state index contributed by atoms with van der Waals surface area (Å²) in [5, 5.41) is 0. The van der Waals surface area contributed by atoms with Gasteiger partial charge in [-0.3, -0.25) is 0 Å². The second-order valence-electron chi connectivity index (χ2n) is 4.86. The summed E-state index contributed by atoms with van der Waals surface area (Å²) >= 11 is 0. The lowest BCUT2D eigenvalue weighted by atomic mass is 10.1. The van der Waals surface area contributed by atoms with Crippen molar-refractivity contribution in [2.24, 2.45) is 5.73 Å². The van der Waals surface area contributed by atoms with Gasteiger partial charge in [0.1, 0.15) is 5.82 Å². The van der Waals surface area contributed by atoms with Crippen molar-refractivity contribution in [3.63, 3.8) is 0 Å². The van der Waals surface area contributed by atoms with Crippen LogP contribution in [0.2, 0.25) is 0 Å². The summed E-state index contributed by atoms with van der Waals surface area (Å²) in [6.45, 7) is 4.94. The molecular formula is C14H22FNO2. The van der Waals surface area contributed by atoms with E-state index in [1.165, 1.54) is 12.1 Å². The van der Waals surface area contributed by atoms with Gasteiger partial charge in [0, 0.05) is 13.7 Å². The number of ether oxygens (including phenoxy) is 2. The molecule has 0 aliphatic heterocycles. The average molecular weight is 255 g/mol. The van der Waals surface area contributed by atoms with Gasteiger partial charge in [-0.15, -0.1) is 0 Å². The number of hydrogen-bond donors (Lipinski definition) is 1. The Morgan fingerprint density at radius 1 is 1.28 bits per heavy atom. The zero-order valence-electron chi connectivity index (χ0n) is 11.3. The van der Waals surface area contributed by atoms with E-state index < -0.39 is 0 Å². The first-order valence-corrected chi connectivity index (χ1v) is 6.11. The van der Waals surface area contributed by atoms with E-state index in [2.05, 4.69) is 0 Å². The zero-order chi connectivity index (χ0) is 13.6. The van der Waals surface area contributed by atoms with Crippen LogP contribution in [-0.4, -0.2) is 25.9 Å². The van der Waals surface area contributed by atoms with Gasteiger partial charge in [-0.2, -0.15) is 0 Å². The van der Waals surface area contributed by atoms with Crippen LogP contribution in [0.25, 0.3) is 0 Å². The van der Waals surface area contributed by atoms with Gasteiger partial charge in [-0.1, -0.05) is 12.1 Å². The summed E-state index contributed by atoms with van der Waals surface area (Å²) in [7, 11) is 1.68. The third-order valence-electron chi connectivity index (χ3n) is 3.03. The Hall–Kier alpha value is -0.970. The first-order chi connectivity index (χ1) is 8.48. The molecule has 1 aromatic rings.